The zero-order valence-corrected chi connectivity index (χ0v) is 10.2. The van der Waals surface area contributed by atoms with Gasteiger partial charge in [0, 0.05) is 5.69 Å². The van der Waals surface area contributed by atoms with Gasteiger partial charge in [-0.25, -0.2) is 4.79 Å². The maximum absolute atomic E-state index is 11.5. The van der Waals surface area contributed by atoms with Crippen LogP contribution in [-0.4, -0.2) is 6.09 Å². The van der Waals surface area contributed by atoms with Crippen LogP contribution in [-0.2, 0) is 11.3 Å². The molecule has 0 saturated heterocycles. The van der Waals surface area contributed by atoms with Crippen molar-refractivity contribution >= 4 is 11.8 Å². The fourth-order valence-corrected chi connectivity index (χ4v) is 1.51. The van der Waals surface area contributed by atoms with Crippen LogP contribution in [0.15, 0.2) is 54.6 Å². The predicted molar refractivity (Wildman–Crippen MR) is 71.4 cm³/mol. The molecule has 0 unspecified atom stereocenters. The summed E-state index contributed by atoms with van der Waals surface area (Å²) < 4.78 is 5.07. The molecule has 0 atom stereocenters. The van der Waals surface area contributed by atoms with Gasteiger partial charge in [-0.2, -0.15) is 5.26 Å². The van der Waals surface area contributed by atoms with E-state index in [1.807, 2.05) is 36.4 Å². The molecular formula is C15H12N2O2. The van der Waals surface area contributed by atoms with Crippen molar-refractivity contribution in [1.82, 2.24) is 0 Å². The second-order valence-electron chi connectivity index (χ2n) is 3.88. The van der Waals surface area contributed by atoms with E-state index in [2.05, 4.69) is 5.32 Å². The quantitative estimate of drug-likeness (QED) is 0.911. The highest BCUT2D eigenvalue weighted by molar-refractivity contribution is 5.84. The highest BCUT2D eigenvalue weighted by Crippen LogP contribution is 2.09. The zero-order chi connectivity index (χ0) is 13.5. The largest absolute Gasteiger partial charge is 0.444 e. The lowest BCUT2D eigenvalue weighted by Gasteiger charge is -2.06. The van der Waals surface area contributed by atoms with Gasteiger partial charge in [-0.3, -0.25) is 5.32 Å². The Kier molecular flexibility index (Phi) is 4.14. The van der Waals surface area contributed by atoms with Gasteiger partial charge in [0.1, 0.15) is 6.61 Å². The van der Waals surface area contributed by atoms with Gasteiger partial charge in [0.05, 0.1) is 11.6 Å². The first-order valence-electron chi connectivity index (χ1n) is 5.76. The number of rotatable bonds is 3. The van der Waals surface area contributed by atoms with Gasteiger partial charge in [-0.15, -0.1) is 0 Å². The number of carbonyl (C=O) groups is 1. The van der Waals surface area contributed by atoms with Gasteiger partial charge in [0.25, 0.3) is 0 Å². The summed E-state index contributed by atoms with van der Waals surface area (Å²) in [6.07, 6.45) is -0.520. The van der Waals surface area contributed by atoms with E-state index in [4.69, 9.17) is 10.00 Å². The maximum Gasteiger partial charge on any atom is 0.411 e. The van der Waals surface area contributed by atoms with Crippen LogP contribution in [0, 0.1) is 11.3 Å². The standard InChI is InChI=1S/C15H12N2O2/c16-10-12-6-8-14(9-7-12)17-15(18)19-11-13-4-2-1-3-5-13/h1-9H,11H2,(H,17,18). The van der Waals surface area contributed by atoms with E-state index in [1.54, 1.807) is 24.3 Å². The molecule has 0 radical (unpaired) electrons. The summed E-state index contributed by atoms with van der Waals surface area (Å²) in [6.45, 7) is 0.225. The van der Waals surface area contributed by atoms with Gasteiger partial charge < -0.3 is 4.74 Å². The lowest BCUT2D eigenvalue weighted by molar-refractivity contribution is 0.155. The van der Waals surface area contributed by atoms with Crippen LogP contribution >= 0.6 is 0 Å². The molecular weight excluding hydrogens is 240 g/mol. The summed E-state index contributed by atoms with van der Waals surface area (Å²) in [6, 6.07) is 18.0. The Balaban J connectivity index is 1.86. The number of anilines is 1. The van der Waals surface area contributed by atoms with Crippen LogP contribution in [0.25, 0.3) is 0 Å². The van der Waals surface area contributed by atoms with Crippen molar-refractivity contribution in [3.05, 3.63) is 65.7 Å². The number of nitrogens with zero attached hydrogens (tertiary/aromatic N) is 1. The smallest absolute Gasteiger partial charge is 0.411 e. The fraction of sp³-hybridized carbons (Fsp3) is 0.0667. The average molecular weight is 252 g/mol. The number of benzene rings is 2. The van der Waals surface area contributed by atoms with Crippen molar-refractivity contribution in [1.29, 1.82) is 5.26 Å². The van der Waals surface area contributed by atoms with Crippen molar-refractivity contribution in [2.24, 2.45) is 0 Å². The lowest BCUT2D eigenvalue weighted by Crippen LogP contribution is -2.13. The molecule has 0 aliphatic carbocycles. The summed E-state index contributed by atoms with van der Waals surface area (Å²) in [5.41, 5.74) is 2.07. The Morgan fingerprint density at radius 1 is 1.11 bits per heavy atom. The van der Waals surface area contributed by atoms with Gasteiger partial charge in [0.2, 0.25) is 0 Å². The molecule has 1 N–H and O–H groups in total. The summed E-state index contributed by atoms with van der Waals surface area (Å²) in [5, 5.41) is 11.3. The van der Waals surface area contributed by atoms with Crippen molar-refractivity contribution in [2.45, 2.75) is 6.61 Å². The number of carbonyl (C=O) groups excluding carboxylic acids is 1. The third-order valence-corrected chi connectivity index (χ3v) is 2.47. The van der Waals surface area contributed by atoms with E-state index in [1.165, 1.54) is 0 Å². The Hall–Kier alpha value is -2.80. The minimum atomic E-state index is -0.520. The van der Waals surface area contributed by atoms with E-state index in [0.29, 0.717) is 11.3 Å². The number of nitrogens with one attached hydrogen (secondary N) is 1. The minimum Gasteiger partial charge on any atom is -0.444 e. The lowest BCUT2D eigenvalue weighted by atomic mass is 10.2. The molecule has 2 aromatic carbocycles. The number of hydrogen-bond donors (Lipinski definition) is 1. The minimum absolute atomic E-state index is 0.225. The van der Waals surface area contributed by atoms with Crippen molar-refractivity contribution in [2.75, 3.05) is 5.32 Å². The van der Waals surface area contributed by atoms with Crippen LogP contribution in [0.5, 0.6) is 0 Å². The van der Waals surface area contributed by atoms with Crippen molar-refractivity contribution in [3.63, 3.8) is 0 Å². The normalized spacial score (nSPS) is 9.42. The first kappa shape index (κ1) is 12.7. The topological polar surface area (TPSA) is 62.1 Å². The SMILES string of the molecule is N#Cc1ccc(NC(=O)OCc2ccccc2)cc1. The fourth-order valence-electron chi connectivity index (χ4n) is 1.51. The molecule has 4 nitrogen and oxygen atoms in total. The van der Waals surface area contributed by atoms with Crippen LogP contribution in [0.2, 0.25) is 0 Å². The zero-order valence-electron chi connectivity index (χ0n) is 10.2. The maximum atomic E-state index is 11.5. The molecule has 1 amide bonds. The molecule has 0 aliphatic rings. The molecule has 4 heteroatoms. The molecule has 0 spiro atoms. The van der Waals surface area contributed by atoms with Crippen LogP contribution in [0.3, 0.4) is 0 Å². The average Bonchev–Trinajstić information content (AvgIpc) is 2.47. The summed E-state index contributed by atoms with van der Waals surface area (Å²) in [7, 11) is 0. The Morgan fingerprint density at radius 3 is 2.42 bits per heavy atom. The molecule has 2 aromatic rings. The highest BCUT2D eigenvalue weighted by atomic mass is 16.5. The van der Waals surface area contributed by atoms with Gasteiger partial charge >= 0.3 is 6.09 Å². The highest BCUT2D eigenvalue weighted by Gasteiger charge is 2.03. The van der Waals surface area contributed by atoms with E-state index in [0.717, 1.165) is 5.56 Å². The van der Waals surface area contributed by atoms with Crippen LogP contribution in [0.1, 0.15) is 11.1 Å². The van der Waals surface area contributed by atoms with E-state index in [-0.39, 0.29) is 6.61 Å². The van der Waals surface area contributed by atoms with Gasteiger partial charge in [0.15, 0.2) is 0 Å². The molecule has 19 heavy (non-hydrogen) atoms. The summed E-state index contributed by atoms with van der Waals surface area (Å²) in [5.74, 6) is 0. The molecule has 94 valence electrons. The third kappa shape index (κ3) is 3.86. The molecule has 2 rings (SSSR count). The van der Waals surface area contributed by atoms with Crippen LogP contribution < -0.4 is 5.32 Å². The summed E-state index contributed by atoms with van der Waals surface area (Å²) >= 11 is 0. The Labute approximate surface area is 111 Å². The van der Waals surface area contributed by atoms with Crippen LogP contribution in [0.4, 0.5) is 10.5 Å². The molecule has 0 aliphatic heterocycles. The van der Waals surface area contributed by atoms with E-state index in [9.17, 15) is 4.79 Å². The van der Waals surface area contributed by atoms with Gasteiger partial charge in [-0.05, 0) is 29.8 Å². The number of nitriles is 1. The molecule has 0 fully saturated rings. The van der Waals surface area contributed by atoms with Crippen molar-refractivity contribution in [3.8, 4) is 6.07 Å². The van der Waals surface area contributed by atoms with Gasteiger partial charge in [-0.1, -0.05) is 30.3 Å². The Bertz CT molecular complexity index is 586. The van der Waals surface area contributed by atoms with E-state index >= 15 is 0 Å². The first-order chi connectivity index (χ1) is 9.28. The molecule has 0 bridgehead atoms. The van der Waals surface area contributed by atoms with Crippen molar-refractivity contribution < 1.29 is 9.53 Å². The first-order valence-corrected chi connectivity index (χ1v) is 5.76. The predicted octanol–water partition coefficient (Wildman–Crippen LogP) is 3.31. The Morgan fingerprint density at radius 2 is 1.79 bits per heavy atom. The number of ether oxygens (including phenoxy) is 1. The van der Waals surface area contributed by atoms with E-state index < -0.39 is 6.09 Å². The molecule has 0 saturated carbocycles. The second-order valence-corrected chi connectivity index (χ2v) is 3.88. The molecule has 0 aromatic heterocycles. The number of hydrogen-bond acceptors (Lipinski definition) is 3. The third-order valence-electron chi connectivity index (χ3n) is 2.47. The monoisotopic (exact) mass is 252 g/mol. The molecule has 0 heterocycles. The second kappa shape index (κ2) is 6.22. The summed E-state index contributed by atoms with van der Waals surface area (Å²) in [4.78, 5) is 11.5. The number of amides is 1.